The molecule has 0 aliphatic heterocycles. The average Bonchev–Trinajstić information content (AvgIpc) is 2.51. The van der Waals surface area contributed by atoms with Gasteiger partial charge < -0.3 is 15.0 Å². The van der Waals surface area contributed by atoms with Crippen molar-refractivity contribution in [1.82, 2.24) is 10.3 Å². The normalized spacial score (nSPS) is 11.9. The second-order valence-corrected chi connectivity index (χ2v) is 5.05. The molecule has 0 fully saturated rings. The van der Waals surface area contributed by atoms with E-state index in [0.29, 0.717) is 10.9 Å². The molecule has 116 valence electrons. The molecule has 0 radical (unpaired) electrons. The van der Waals surface area contributed by atoms with Crippen molar-refractivity contribution in [3.8, 4) is 0 Å². The predicted octanol–water partition coefficient (Wildman–Crippen LogP) is 1.60. The molecule has 6 nitrogen and oxygen atoms in total. The number of fused-ring (bicyclic) bond motifs is 1. The maximum absolute atomic E-state index is 12.1. The molecule has 0 aliphatic carbocycles. The topological polar surface area (TPSA) is 88.3 Å². The quantitative estimate of drug-likeness (QED) is 0.821. The SMILES string of the molecule is CC[C@@H](C)NC(=O)COC(=O)c1cc(=O)[nH]c2ccccc12. The summed E-state index contributed by atoms with van der Waals surface area (Å²) in [6, 6.07) is 8.12. The maximum Gasteiger partial charge on any atom is 0.339 e. The van der Waals surface area contributed by atoms with Gasteiger partial charge in [0.2, 0.25) is 5.56 Å². The van der Waals surface area contributed by atoms with E-state index in [-0.39, 0.29) is 24.1 Å². The van der Waals surface area contributed by atoms with Crippen LogP contribution in [0.3, 0.4) is 0 Å². The fourth-order valence-corrected chi connectivity index (χ4v) is 2.00. The summed E-state index contributed by atoms with van der Waals surface area (Å²) in [4.78, 5) is 38.0. The van der Waals surface area contributed by atoms with Gasteiger partial charge in [0.05, 0.1) is 5.56 Å². The van der Waals surface area contributed by atoms with Gasteiger partial charge in [0.1, 0.15) is 0 Å². The van der Waals surface area contributed by atoms with Crippen molar-refractivity contribution in [1.29, 1.82) is 0 Å². The Balaban J connectivity index is 2.13. The van der Waals surface area contributed by atoms with Gasteiger partial charge in [0, 0.05) is 23.0 Å². The summed E-state index contributed by atoms with van der Waals surface area (Å²) in [5.41, 5.74) is 0.302. The number of pyridine rings is 1. The number of esters is 1. The van der Waals surface area contributed by atoms with Gasteiger partial charge >= 0.3 is 5.97 Å². The highest BCUT2D eigenvalue weighted by atomic mass is 16.5. The predicted molar refractivity (Wildman–Crippen MR) is 82.7 cm³/mol. The maximum atomic E-state index is 12.1. The molecule has 22 heavy (non-hydrogen) atoms. The molecule has 1 aromatic carbocycles. The number of carbonyl (C=O) groups excluding carboxylic acids is 2. The summed E-state index contributed by atoms with van der Waals surface area (Å²) in [6.07, 6.45) is 0.790. The smallest absolute Gasteiger partial charge is 0.339 e. The highest BCUT2D eigenvalue weighted by Gasteiger charge is 2.15. The van der Waals surface area contributed by atoms with E-state index in [1.165, 1.54) is 6.07 Å². The molecule has 1 amide bonds. The van der Waals surface area contributed by atoms with E-state index < -0.39 is 11.5 Å². The van der Waals surface area contributed by atoms with Crippen LogP contribution in [0.1, 0.15) is 30.6 Å². The molecule has 0 bridgehead atoms. The molecular formula is C16H18N2O4. The summed E-state index contributed by atoms with van der Waals surface area (Å²) < 4.78 is 4.99. The first-order valence-electron chi connectivity index (χ1n) is 7.09. The largest absolute Gasteiger partial charge is 0.452 e. The molecule has 1 atom stereocenters. The summed E-state index contributed by atoms with van der Waals surface area (Å²) >= 11 is 0. The second kappa shape index (κ2) is 6.89. The summed E-state index contributed by atoms with van der Waals surface area (Å²) in [6.45, 7) is 3.44. The monoisotopic (exact) mass is 302 g/mol. The molecule has 6 heteroatoms. The number of aromatic nitrogens is 1. The van der Waals surface area contributed by atoms with Crippen LogP contribution < -0.4 is 10.9 Å². The number of benzene rings is 1. The van der Waals surface area contributed by atoms with Crippen molar-refractivity contribution in [2.24, 2.45) is 0 Å². The molecule has 2 rings (SSSR count). The van der Waals surface area contributed by atoms with Crippen LogP contribution in [0.5, 0.6) is 0 Å². The Morgan fingerprint density at radius 2 is 2.05 bits per heavy atom. The summed E-state index contributed by atoms with van der Waals surface area (Å²) in [5.74, 6) is -1.06. The number of rotatable bonds is 5. The zero-order chi connectivity index (χ0) is 16.1. The number of para-hydroxylation sites is 1. The van der Waals surface area contributed by atoms with Gasteiger partial charge in [-0.1, -0.05) is 25.1 Å². The van der Waals surface area contributed by atoms with Crippen LogP contribution in [0.25, 0.3) is 10.9 Å². The Morgan fingerprint density at radius 3 is 2.77 bits per heavy atom. The first-order valence-corrected chi connectivity index (χ1v) is 7.09. The summed E-state index contributed by atoms with van der Waals surface area (Å²) in [5, 5.41) is 3.28. The molecule has 0 aliphatic rings. The molecular weight excluding hydrogens is 284 g/mol. The molecule has 2 aromatic rings. The Morgan fingerprint density at radius 1 is 1.32 bits per heavy atom. The van der Waals surface area contributed by atoms with Crippen molar-refractivity contribution in [2.75, 3.05) is 6.61 Å². The van der Waals surface area contributed by atoms with E-state index in [9.17, 15) is 14.4 Å². The van der Waals surface area contributed by atoms with Gasteiger partial charge in [-0.15, -0.1) is 0 Å². The van der Waals surface area contributed by atoms with E-state index in [2.05, 4.69) is 10.3 Å². The molecule has 2 N–H and O–H groups in total. The van der Waals surface area contributed by atoms with Crippen molar-refractivity contribution < 1.29 is 14.3 Å². The van der Waals surface area contributed by atoms with Crippen LogP contribution in [0.15, 0.2) is 35.1 Å². The Bertz CT molecular complexity index is 751. The Hall–Kier alpha value is -2.63. The van der Waals surface area contributed by atoms with Crippen LogP contribution >= 0.6 is 0 Å². The number of H-pyrrole nitrogens is 1. The van der Waals surface area contributed by atoms with Crippen molar-refractivity contribution in [2.45, 2.75) is 26.3 Å². The zero-order valence-electron chi connectivity index (χ0n) is 12.5. The molecule has 0 spiro atoms. The number of nitrogens with one attached hydrogen (secondary N) is 2. The van der Waals surface area contributed by atoms with Crippen LogP contribution in [0.4, 0.5) is 0 Å². The standard InChI is InChI=1S/C16H18N2O4/c1-3-10(2)17-15(20)9-22-16(21)12-8-14(19)18-13-7-5-4-6-11(12)13/h4-8,10H,3,9H2,1-2H3,(H,17,20)(H,18,19)/t10-/m1/s1. The van der Waals surface area contributed by atoms with E-state index in [1.807, 2.05) is 13.8 Å². The molecule has 1 aromatic heterocycles. The second-order valence-electron chi connectivity index (χ2n) is 5.05. The molecule has 1 heterocycles. The van der Waals surface area contributed by atoms with Crippen molar-refractivity contribution in [3.63, 3.8) is 0 Å². The Labute approximate surface area is 127 Å². The van der Waals surface area contributed by atoms with E-state index in [1.54, 1.807) is 24.3 Å². The highest BCUT2D eigenvalue weighted by Crippen LogP contribution is 2.15. The minimum atomic E-state index is -0.693. The number of hydrogen-bond donors (Lipinski definition) is 2. The van der Waals surface area contributed by atoms with Crippen LogP contribution in [0, 0.1) is 0 Å². The Kier molecular flexibility index (Phi) is 4.93. The fraction of sp³-hybridized carbons (Fsp3) is 0.312. The lowest BCUT2D eigenvalue weighted by atomic mass is 10.1. The highest BCUT2D eigenvalue weighted by molar-refractivity contribution is 6.03. The number of carbonyl (C=O) groups is 2. The fourth-order valence-electron chi connectivity index (χ4n) is 2.00. The lowest BCUT2D eigenvalue weighted by Gasteiger charge is -2.11. The third-order valence-corrected chi connectivity index (χ3v) is 3.32. The summed E-state index contributed by atoms with van der Waals surface area (Å²) in [7, 11) is 0. The van der Waals surface area contributed by atoms with Gasteiger partial charge in [-0.25, -0.2) is 4.79 Å². The minimum Gasteiger partial charge on any atom is -0.452 e. The minimum absolute atomic E-state index is 0.0200. The van der Waals surface area contributed by atoms with Crippen LogP contribution in [-0.4, -0.2) is 29.5 Å². The zero-order valence-corrected chi connectivity index (χ0v) is 12.5. The lowest BCUT2D eigenvalue weighted by Crippen LogP contribution is -2.35. The number of aromatic amines is 1. The van der Waals surface area contributed by atoms with E-state index >= 15 is 0 Å². The van der Waals surface area contributed by atoms with Gasteiger partial charge in [0.15, 0.2) is 6.61 Å². The van der Waals surface area contributed by atoms with Gasteiger partial charge in [0.25, 0.3) is 5.91 Å². The third kappa shape index (κ3) is 3.72. The molecule has 0 unspecified atom stereocenters. The van der Waals surface area contributed by atoms with Crippen molar-refractivity contribution in [3.05, 3.63) is 46.2 Å². The number of hydrogen-bond acceptors (Lipinski definition) is 4. The van der Waals surface area contributed by atoms with Gasteiger partial charge in [-0.05, 0) is 19.4 Å². The molecule has 0 saturated heterocycles. The first-order chi connectivity index (χ1) is 10.5. The number of ether oxygens (including phenoxy) is 1. The lowest BCUT2D eigenvalue weighted by molar-refractivity contribution is -0.124. The van der Waals surface area contributed by atoms with Crippen molar-refractivity contribution >= 4 is 22.8 Å². The first kappa shape index (κ1) is 15.8. The van der Waals surface area contributed by atoms with Gasteiger partial charge in [-0.3, -0.25) is 9.59 Å². The number of amides is 1. The van der Waals surface area contributed by atoms with E-state index in [4.69, 9.17) is 4.74 Å². The van der Waals surface area contributed by atoms with Crippen LogP contribution in [0.2, 0.25) is 0 Å². The van der Waals surface area contributed by atoms with E-state index in [0.717, 1.165) is 6.42 Å². The third-order valence-electron chi connectivity index (χ3n) is 3.32. The average molecular weight is 302 g/mol. The van der Waals surface area contributed by atoms with Gasteiger partial charge in [-0.2, -0.15) is 0 Å². The van der Waals surface area contributed by atoms with Crippen LogP contribution in [-0.2, 0) is 9.53 Å². The molecule has 0 saturated carbocycles.